The molecule has 2 rings (SSSR count). The fraction of sp³-hybridized carbons (Fsp3) is 0.286. The van der Waals surface area contributed by atoms with Gasteiger partial charge in [0.05, 0.1) is 5.75 Å². The summed E-state index contributed by atoms with van der Waals surface area (Å²) in [5, 5.41) is 8.60. The van der Waals surface area contributed by atoms with Gasteiger partial charge in [-0.1, -0.05) is 11.8 Å². The fourth-order valence-electron chi connectivity index (χ4n) is 1.85. The minimum absolute atomic E-state index is 0.179. The minimum atomic E-state index is -4.73. The van der Waals surface area contributed by atoms with E-state index >= 15 is 0 Å². The number of nitrogens with zero attached hydrogens (tertiary/aromatic N) is 4. The van der Waals surface area contributed by atoms with E-state index in [2.05, 4.69) is 15.5 Å². The highest BCUT2D eigenvalue weighted by Gasteiger charge is 2.38. The highest BCUT2D eigenvalue weighted by Crippen LogP contribution is 2.28. The van der Waals surface area contributed by atoms with Crippen molar-refractivity contribution < 1.29 is 22.8 Å². The lowest BCUT2D eigenvalue weighted by Gasteiger charge is -2.11. The molecule has 0 aliphatic rings. The third kappa shape index (κ3) is 4.65. The molecule has 26 heavy (non-hydrogen) atoms. The number of anilines is 1. The molecular weight excluding hydrogens is 373 g/mol. The van der Waals surface area contributed by atoms with E-state index in [-0.39, 0.29) is 16.8 Å². The summed E-state index contributed by atoms with van der Waals surface area (Å²) in [6, 6.07) is 6.20. The average molecular weight is 388 g/mol. The van der Waals surface area contributed by atoms with Crippen LogP contribution in [0.1, 0.15) is 16.2 Å². The topological polar surface area (TPSA) is 106 Å². The Kier molecular flexibility index (Phi) is 5.75. The van der Waals surface area contributed by atoms with Gasteiger partial charge in [-0.15, -0.1) is 10.2 Å². The van der Waals surface area contributed by atoms with E-state index in [0.29, 0.717) is 27.7 Å². The Balaban J connectivity index is 1.93. The summed E-state index contributed by atoms with van der Waals surface area (Å²) in [5.74, 6) is 3.07. The second-order valence-electron chi connectivity index (χ2n) is 5.29. The Bertz CT molecular complexity index is 804. The molecule has 12 heteroatoms. The quantitative estimate of drug-likeness (QED) is 0.593. The van der Waals surface area contributed by atoms with Crippen molar-refractivity contribution in [2.45, 2.75) is 11.3 Å². The number of hydrogen-bond donors (Lipinski definition) is 2. The zero-order valence-corrected chi connectivity index (χ0v) is 14.6. The second-order valence-corrected chi connectivity index (χ2v) is 6.23. The van der Waals surface area contributed by atoms with Crippen LogP contribution in [0.2, 0.25) is 0 Å². The van der Waals surface area contributed by atoms with Crippen LogP contribution in [0, 0.1) is 0 Å². The van der Waals surface area contributed by atoms with Crippen LogP contribution in [-0.4, -0.2) is 51.4 Å². The van der Waals surface area contributed by atoms with Crippen molar-refractivity contribution in [2.24, 2.45) is 0 Å². The van der Waals surface area contributed by atoms with E-state index in [1.54, 1.807) is 38.4 Å². The predicted octanol–water partition coefficient (Wildman–Crippen LogP) is 1.44. The number of nitrogens with two attached hydrogens (primary N) is 1. The van der Waals surface area contributed by atoms with Crippen molar-refractivity contribution >= 4 is 29.3 Å². The fourth-order valence-corrected chi connectivity index (χ4v) is 2.51. The lowest BCUT2D eigenvalue weighted by molar-refractivity contribution is -0.146. The van der Waals surface area contributed by atoms with Gasteiger partial charge in [-0.05, 0) is 24.3 Å². The molecule has 0 unspecified atom stereocenters. The maximum atomic E-state index is 12.6. The largest absolute Gasteiger partial charge is 0.453 e. The van der Waals surface area contributed by atoms with Gasteiger partial charge in [-0.3, -0.25) is 9.59 Å². The van der Waals surface area contributed by atoms with Gasteiger partial charge in [-0.25, -0.2) is 4.68 Å². The average Bonchev–Trinajstić information content (AvgIpc) is 2.94. The molecule has 0 radical (unpaired) electrons. The zero-order valence-electron chi connectivity index (χ0n) is 13.7. The molecule has 1 aromatic carbocycles. The summed E-state index contributed by atoms with van der Waals surface area (Å²) in [5.41, 5.74) is 0.898. The van der Waals surface area contributed by atoms with E-state index < -0.39 is 17.9 Å². The number of aromatic nitrogens is 3. The van der Waals surface area contributed by atoms with Gasteiger partial charge in [-0.2, -0.15) is 13.2 Å². The third-order valence-corrected chi connectivity index (χ3v) is 4.02. The molecule has 0 saturated heterocycles. The van der Waals surface area contributed by atoms with Gasteiger partial charge < -0.3 is 16.1 Å². The smallest absolute Gasteiger partial charge is 0.345 e. The molecular formula is C14H15F3N6O2S. The standard InChI is InChI=1S/C14H15F3N6O2S/c1-22(2)11(25)8-3-5-9(6-4-8)19-10(24)7-26-13-21-20-12(23(13)18)14(15,16)17/h3-6H,7,18H2,1-2H3,(H,19,24). The number of halogens is 3. The number of carbonyl (C=O) groups excluding carboxylic acids is 2. The van der Waals surface area contributed by atoms with Gasteiger partial charge in [0, 0.05) is 25.3 Å². The molecule has 0 aliphatic heterocycles. The Morgan fingerprint density at radius 2 is 1.85 bits per heavy atom. The molecule has 0 saturated carbocycles. The molecule has 0 bridgehead atoms. The molecule has 3 N–H and O–H groups in total. The SMILES string of the molecule is CN(C)C(=O)c1ccc(NC(=O)CSc2nnc(C(F)(F)F)n2N)cc1. The van der Waals surface area contributed by atoms with Gasteiger partial charge in [0.25, 0.3) is 11.7 Å². The first-order valence-corrected chi connectivity index (χ1v) is 8.10. The van der Waals surface area contributed by atoms with E-state index in [0.717, 1.165) is 0 Å². The van der Waals surface area contributed by atoms with E-state index in [4.69, 9.17) is 5.84 Å². The first kappa shape index (κ1) is 19.6. The Morgan fingerprint density at radius 3 is 2.35 bits per heavy atom. The molecule has 1 aromatic heterocycles. The van der Waals surface area contributed by atoms with Gasteiger partial charge in [0.15, 0.2) is 0 Å². The molecule has 0 aliphatic carbocycles. The maximum Gasteiger partial charge on any atom is 0.453 e. The van der Waals surface area contributed by atoms with Crippen molar-refractivity contribution in [1.29, 1.82) is 0 Å². The number of hydrogen-bond acceptors (Lipinski definition) is 6. The van der Waals surface area contributed by atoms with Crippen molar-refractivity contribution in [3.8, 4) is 0 Å². The molecule has 0 fully saturated rings. The molecule has 0 atom stereocenters. The number of thioether (sulfide) groups is 1. The lowest BCUT2D eigenvalue weighted by Crippen LogP contribution is -2.22. The normalized spacial score (nSPS) is 11.3. The molecule has 140 valence electrons. The summed E-state index contributed by atoms with van der Waals surface area (Å²) >= 11 is 0.715. The van der Waals surface area contributed by atoms with Crippen molar-refractivity contribution in [3.05, 3.63) is 35.7 Å². The number of rotatable bonds is 5. The van der Waals surface area contributed by atoms with Crippen LogP contribution < -0.4 is 11.2 Å². The summed E-state index contributed by atoms with van der Waals surface area (Å²) in [6.07, 6.45) is -4.73. The van der Waals surface area contributed by atoms with E-state index in [9.17, 15) is 22.8 Å². The molecule has 0 spiro atoms. The van der Waals surface area contributed by atoms with Crippen LogP contribution >= 0.6 is 11.8 Å². The monoisotopic (exact) mass is 388 g/mol. The summed E-state index contributed by atoms with van der Waals surface area (Å²) in [6.45, 7) is 0. The van der Waals surface area contributed by atoms with Crippen LogP contribution in [0.15, 0.2) is 29.4 Å². The van der Waals surface area contributed by atoms with Crippen molar-refractivity contribution in [2.75, 3.05) is 31.0 Å². The first-order valence-electron chi connectivity index (χ1n) is 7.11. The highest BCUT2D eigenvalue weighted by atomic mass is 32.2. The van der Waals surface area contributed by atoms with E-state index in [1.807, 2.05) is 0 Å². The maximum absolute atomic E-state index is 12.6. The summed E-state index contributed by atoms with van der Waals surface area (Å²) in [7, 11) is 3.24. The highest BCUT2D eigenvalue weighted by molar-refractivity contribution is 7.99. The van der Waals surface area contributed by atoms with Gasteiger partial charge in [0.2, 0.25) is 11.1 Å². The Morgan fingerprint density at radius 1 is 1.23 bits per heavy atom. The van der Waals surface area contributed by atoms with E-state index in [1.165, 1.54) is 4.90 Å². The summed E-state index contributed by atoms with van der Waals surface area (Å²) < 4.78 is 38.0. The van der Waals surface area contributed by atoms with Crippen LogP contribution in [0.25, 0.3) is 0 Å². The number of carbonyl (C=O) groups is 2. The number of amides is 2. The second kappa shape index (κ2) is 7.64. The van der Waals surface area contributed by atoms with Gasteiger partial charge >= 0.3 is 6.18 Å². The van der Waals surface area contributed by atoms with Crippen LogP contribution in [0.5, 0.6) is 0 Å². The van der Waals surface area contributed by atoms with Crippen molar-refractivity contribution in [3.63, 3.8) is 0 Å². The number of nitrogens with one attached hydrogen (secondary N) is 1. The number of alkyl halides is 3. The van der Waals surface area contributed by atoms with Crippen LogP contribution in [0.4, 0.5) is 18.9 Å². The summed E-state index contributed by atoms with van der Waals surface area (Å²) in [4.78, 5) is 25.1. The number of benzene rings is 1. The molecule has 2 amide bonds. The molecule has 2 aromatic rings. The van der Waals surface area contributed by atoms with Gasteiger partial charge in [0.1, 0.15) is 0 Å². The minimum Gasteiger partial charge on any atom is -0.345 e. The Hall–Kier alpha value is -2.76. The predicted molar refractivity (Wildman–Crippen MR) is 89.0 cm³/mol. The molecule has 1 heterocycles. The lowest BCUT2D eigenvalue weighted by atomic mass is 10.2. The Labute approximate surface area is 150 Å². The number of nitrogen functional groups attached to an aromatic ring is 1. The zero-order chi connectivity index (χ0) is 19.5. The van der Waals surface area contributed by atoms with Crippen molar-refractivity contribution in [1.82, 2.24) is 19.8 Å². The van der Waals surface area contributed by atoms with Crippen LogP contribution in [0.3, 0.4) is 0 Å². The third-order valence-electron chi connectivity index (χ3n) is 3.07. The first-order chi connectivity index (χ1) is 12.1. The van der Waals surface area contributed by atoms with Crippen LogP contribution in [-0.2, 0) is 11.0 Å². The molecule has 8 nitrogen and oxygen atoms in total.